The summed E-state index contributed by atoms with van der Waals surface area (Å²) in [7, 11) is 1.26. The van der Waals surface area contributed by atoms with Crippen molar-refractivity contribution in [1.82, 2.24) is 10.2 Å². The summed E-state index contributed by atoms with van der Waals surface area (Å²) in [6.45, 7) is 3.39. The largest absolute Gasteiger partial charge is 0.465 e. The highest BCUT2D eigenvalue weighted by Crippen LogP contribution is 2.25. The number of halogens is 2. The first-order valence-corrected chi connectivity index (χ1v) is 11.6. The molecule has 36 heavy (non-hydrogen) atoms. The molecule has 0 aliphatic carbocycles. The fourth-order valence-corrected chi connectivity index (χ4v) is 4.12. The molecule has 2 aromatic rings. The predicted octanol–water partition coefficient (Wildman–Crippen LogP) is 3.41. The van der Waals surface area contributed by atoms with Crippen molar-refractivity contribution in [2.24, 2.45) is 5.92 Å². The maximum absolute atomic E-state index is 14.1. The van der Waals surface area contributed by atoms with Crippen LogP contribution in [-0.2, 0) is 25.7 Å². The molecule has 1 heterocycles. The van der Waals surface area contributed by atoms with Gasteiger partial charge in [0, 0.05) is 36.7 Å². The second-order valence-corrected chi connectivity index (χ2v) is 8.98. The fraction of sp³-hybridized carbons (Fsp3) is 0.385. The van der Waals surface area contributed by atoms with Gasteiger partial charge in [-0.2, -0.15) is 0 Å². The molecule has 0 aromatic heterocycles. The highest BCUT2D eigenvalue weighted by molar-refractivity contribution is 5.99. The third-order valence-corrected chi connectivity index (χ3v) is 6.06. The van der Waals surface area contributed by atoms with Crippen LogP contribution in [0.5, 0.6) is 0 Å². The van der Waals surface area contributed by atoms with Crippen molar-refractivity contribution in [2.45, 2.75) is 51.7 Å². The predicted molar refractivity (Wildman–Crippen MR) is 128 cm³/mol. The molecular weight excluding hydrogens is 472 g/mol. The van der Waals surface area contributed by atoms with Crippen molar-refractivity contribution in [3.63, 3.8) is 0 Å². The molecule has 3 amide bonds. The Bertz CT molecular complexity index is 1150. The van der Waals surface area contributed by atoms with Crippen LogP contribution in [-0.4, -0.2) is 47.8 Å². The number of hydrogen-bond donors (Lipinski definition) is 2. The number of rotatable bonds is 9. The van der Waals surface area contributed by atoms with Crippen molar-refractivity contribution in [1.29, 1.82) is 0 Å². The number of likely N-dealkylation sites (tertiary alicyclic amines) is 1. The van der Waals surface area contributed by atoms with Crippen molar-refractivity contribution >= 4 is 29.4 Å². The van der Waals surface area contributed by atoms with Crippen molar-refractivity contribution < 1.29 is 32.7 Å². The third-order valence-electron chi connectivity index (χ3n) is 6.06. The minimum atomic E-state index is -1.02. The number of benzene rings is 2. The fourth-order valence-electron chi connectivity index (χ4n) is 4.12. The number of hydrogen-bond acceptors (Lipinski definition) is 5. The van der Waals surface area contributed by atoms with Gasteiger partial charge in [-0.05, 0) is 36.6 Å². The highest BCUT2D eigenvalue weighted by atomic mass is 19.2. The van der Waals surface area contributed by atoms with Crippen LogP contribution in [0.25, 0.3) is 0 Å². The molecule has 1 fully saturated rings. The molecule has 2 atom stereocenters. The average Bonchev–Trinajstić information content (AvgIpc) is 3.18. The van der Waals surface area contributed by atoms with Gasteiger partial charge in [0.15, 0.2) is 11.6 Å². The molecule has 192 valence electrons. The molecule has 10 heteroatoms. The van der Waals surface area contributed by atoms with E-state index in [4.69, 9.17) is 0 Å². The average molecular weight is 502 g/mol. The van der Waals surface area contributed by atoms with Crippen LogP contribution >= 0.6 is 0 Å². The van der Waals surface area contributed by atoms with Gasteiger partial charge in [0.1, 0.15) is 6.04 Å². The summed E-state index contributed by atoms with van der Waals surface area (Å²) in [4.78, 5) is 51.3. The normalized spacial score (nSPS) is 16.1. The third kappa shape index (κ3) is 6.44. The molecule has 1 aliphatic rings. The zero-order valence-electron chi connectivity index (χ0n) is 20.3. The lowest BCUT2D eigenvalue weighted by molar-refractivity contribution is -0.131. The molecule has 8 nitrogen and oxygen atoms in total. The van der Waals surface area contributed by atoms with Crippen molar-refractivity contribution in [2.75, 3.05) is 12.4 Å². The Hall–Kier alpha value is -3.82. The summed E-state index contributed by atoms with van der Waals surface area (Å²) in [6, 6.07) is 8.59. The van der Waals surface area contributed by atoms with E-state index in [2.05, 4.69) is 15.4 Å². The number of amides is 3. The van der Waals surface area contributed by atoms with Gasteiger partial charge in [-0.25, -0.2) is 13.6 Å². The Morgan fingerprint density at radius 3 is 2.56 bits per heavy atom. The van der Waals surface area contributed by atoms with Gasteiger partial charge in [-0.1, -0.05) is 32.0 Å². The van der Waals surface area contributed by atoms with Crippen molar-refractivity contribution in [3.05, 3.63) is 65.2 Å². The Labute approximate surface area is 208 Å². The summed E-state index contributed by atoms with van der Waals surface area (Å²) < 4.78 is 32.4. The molecule has 0 radical (unpaired) electrons. The number of nitrogens with one attached hydrogen (secondary N) is 2. The first-order valence-electron chi connectivity index (χ1n) is 11.6. The van der Waals surface area contributed by atoms with E-state index in [1.807, 2.05) is 0 Å². The van der Waals surface area contributed by atoms with Gasteiger partial charge in [-0.15, -0.1) is 0 Å². The molecule has 1 aliphatic heterocycles. The lowest BCUT2D eigenvalue weighted by atomic mass is 10.0. The zero-order chi connectivity index (χ0) is 26.4. The molecule has 2 N–H and O–H groups in total. The first kappa shape index (κ1) is 26.8. The number of anilines is 1. The molecule has 0 bridgehead atoms. The van der Waals surface area contributed by atoms with Crippen LogP contribution in [0.15, 0.2) is 42.5 Å². The number of nitrogens with zero attached hydrogens (tertiary/aromatic N) is 1. The molecular formula is C26H29F2N3O5. The van der Waals surface area contributed by atoms with Gasteiger partial charge in [0.05, 0.1) is 12.7 Å². The summed E-state index contributed by atoms with van der Waals surface area (Å²) in [5.74, 6) is -4.00. The van der Waals surface area contributed by atoms with Gasteiger partial charge in [-0.3, -0.25) is 14.4 Å². The number of ether oxygens (including phenoxy) is 1. The molecule has 3 rings (SSSR count). The van der Waals surface area contributed by atoms with E-state index >= 15 is 0 Å². The lowest BCUT2D eigenvalue weighted by Gasteiger charge is -2.27. The molecule has 0 spiro atoms. The summed E-state index contributed by atoms with van der Waals surface area (Å²) in [5, 5.41) is 5.42. The van der Waals surface area contributed by atoms with Crippen LogP contribution in [0.4, 0.5) is 14.5 Å². The van der Waals surface area contributed by atoms with E-state index < -0.39 is 41.5 Å². The Morgan fingerprint density at radius 1 is 1.14 bits per heavy atom. The van der Waals surface area contributed by atoms with Gasteiger partial charge in [0.25, 0.3) is 0 Å². The monoisotopic (exact) mass is 501 g/mol. The quantitative estimate of drug-likeness (QED) is 0.513. The number of methoxy groups -OCH3 is 1. The first-order chi connectivity index (χ1) is 17.1. The van der Waals surface area contributed by atoms with Crippen LogP contribution in [0.1, 0.15) is 49.0 Å². The maximum Gasteiger partial charge on any atom is 0.337 e. The lowest BCUT2D eigenvalue weighted by Crippen LogP contribution is -2.48. The molecule has 0 saturated carbocycles. The van der Waals surface area contributed by atoms with Gasteiger partial charge in [0.2, 0.25) is 17.7 Å². The van der Waals surface area contributed by atoms with E-state index in [-0.39, 0.29) is 42.3 Å². The SMILES string of the molecule is COC(=O)c1cccc(NC(=O)C(NC(=O)C[C@@H]2CCC(=O)N2Cc2cccc(F)c2F)C(C)C)c1. The topological polar surface area (TPSA) is 105 Å². The Morgan fingerprint density at radius 2 is 1.86 bits per heavy atom. The van der Waals surface area contributed by atoms with E-state index in [1.54, 1.807) is 32.0 Å². The molecule has 1 unspecified atom stereocenters. The van der Waals surface area contributed by atoms with Crippen molar-refractivity contribution in [3.8, 4) is 0 Å². The van der Waals surface area contributed by atoms with Gasteiger partial charge < -0.3 is 20.3 Å². The smallest absolute Gasteiger partial charge is 0.337 e. The minimum Gasteiger partial charge on any atom is -0.465 e. The second-order valence-electron chi connectivity index (χ2n) is 8.98. The minimum absolute atomic E-state index is 0.0317. The molecule has 1 saturated heterocycles. The van der Waals surface area contributed by atoms with Gasteiger partial charge >= 0.3 is 5.97 Å². The van der Waals surface area contributed by atoms with E-state index in [0.29, 0.717) is 12.1 Å². The standard InChI is InChI=1S/C26H29F2N3O5/c1-15(2)24(25(34)29-18-8-4-6-16(12-18)26(35)36-3)30-21(32)13-19-10-11-22(33)31(19)14-17-7-5-9-20(27)23(17)28/h4-9,12,15,19,24H,10-11,13-14H2,1-3H3,(H,29,34)(H,30,32)/t19-,24?/m0/s1. The van der Waals surface area contributed by atoms with Crippen LogP contribution in [0.3, 0.4) is 0 Å². The number of esters is 1. The highest BCUT2D eigenvalue weighted by Gasteiger charge is 2.34. The van der Waals surface area contributed by atoms with E-state index in [9.17, 15) is 28.0 Å². The van der Waals surface area contributed by atoms with E-state index in [1.165, 1.54) is 30.2 Å². The summed E-state index contributed by atoms with van der Waals surface area (Å²) in [6.07, 6.45) is 0.499. The van der Waals surface area contributed by atoms with Crippen LogP contribution in [0, 0.1) is 17.6 Å². The second kappa shape index (κ2) is 11.7. The number of carbonyl (C=O) groups is 4. The summed E-state index contributed by atoms with van der Waals surface area (Å²) in [5.41, 5.74) is 0.665. The maximum atomic E-state index is 14.1. The van der Waals surface area contributed by atoms with Crippen LogP contribution in [0.2, 0.25) is 0 Å². The van der Waals surface area contributed by atoms with Crippen LogP contribution < -0.4 is 10.6 Å². The zero-order valence-corrected chi connectivity index (χ0v) is 20.3. The number of carbonyl (C=O) groups excluding carboxylic acids is 4. The Balaban J connectivity index is 1.65. The molecule has 2 aromatic carbocycles. The van der Waals surface area contributed by atoms with E-state index in [0.717, 1.165) is 6.07 Å². The summed E-state index contributed by atoms with van der Waals surface area (Å²) >= 11 is 0. The Kier molecular flexibility index (Phi) is 8.73.